The van der Waals surface area contributed by atoms with Gasteiger partial charge >= 0.3 is 0 Å². The van der Waals surface area contributed by atoms with Crippen molar-refractivity contribution in [3.8, 4) is 11.5 Å². The van der Waals surface area contributed by atoms with Crippen LogP contribution in [0.3, 0.4) is 0 Å². The Kier molecular flexibility index (Phi) is 7.33. The summed E-state index contributed by atoms with van der Waals surface area (Å²) in [5.41, 5.74) is 1.03. The number of aromatic amines is 1. The number of nitrogens with one attached hydrogen (secondary N) is 2. The van der Waals surface area contributed by atoms with Crippen LogP contribution in [0.15, 0.2) is 83.7 Å². The number of hydrogen-bond acceptors (Lipinski definition) is 5. The first kappa shape index (κ1) is 22.1. The number of carbonyl (C=O) groups is 1. The Morgan fingerprint density at radius 3 is 2.24 bits per heavy atom. The van der Waals surface area contributed by atoms with E-state index in [2.05, 4.69) is 15.5 Å². The molecule has 0 saturated carbocycles. The monoisotopic (exact) mass is 443 g/mol. The number of H-pyrrole nitrogens is 1. The SMILES string of the molecule is O=C(NCCCCOc1ccc(OCc2ccccc2)cc1)c1n[nH]c(=O)c2ccccc12. The van der Waals surface area contributed by atoms with Crippen molar-refractivity contribution in [2.45, 2.75) is 19.4 Å². The molecule has 3 aromatic carbocycles. The van der Waals surface area contributed by atoms with E-state index in [-0.39, 0.29) is 17.2 Å². The molecule has 0 aliphatic heterocycles. The van der Waals surface area contributed by atoms with E-state index in [4.69, 9.17) is 9.47 Å². The Labute approximate surface area is 191 Å². The summed E-state index contributed by atoms with van der Waals surface area (Å²) < 4.78 is 11.5. The van der Waals surface area contributed by atoms with Gasteiger partial charge in [-0.25, -0.2) is 5.10 Å². The van der Waals surface area contributed by atoms with Gasteiger partial charge < -0.3 is 14.8 Å². The zero-order valence-electron chi connectivity index (χ0n) is 18.1. The first-order valence-corrected chi connectivity index (χ1v) is 10.9. The fourth-order valence-electron chi connectivity index (χ4n) is 3.36. The van der Waals surface area contributed by atoms with E-state index in [1.54, 1.807) is 24.3 Å². The maximum absolute atomic E-state index is 12.5. The second-order valence-corrected chi connectivity index (χ2v) is 7.50. The molecule has 4 rings (SSSR count). The highest BCUT2D eigenvalue weighted by atomic mass is 16.5. The van der Waals surface area contributed by atoms with E-state index in [0.717, 1.165) is 29.9 Å². The average Bonchev–Trinajstić information content (AvgIpc) is 2.86. The molecule has 2 N–H and O–H groups in total. The molecule has 1 amide bonds. The van der Waals surface area contributed by atoms with Crippen LogP contribution < -0.4 is 20.3 Å². The third kappa shape index (κ3) is 5.98. The van der Waals surface area contributed by atoms with Gasteiger partial charge in [-0.3, -0.25) is 9.59 Å². The molecule has 1 aromatic heterocycles. The number of hydrogen-bond donors (Lipinski definition) is 2. The molecule has 4 aromatic rings. The van der Waals surface area contributed by atoms with Crippen LogP contribution in [0.2, 0.25) is 0 Å². The minimum atomic E-state index is -0.311. The number of unbranched alkanes of at least 4 members (excludes halogenated alkanes) is 1. The summed E-state index contributed by atoms with van der Waals surface area (Å²) in [6.07, 6.45) is 1.54. The van der Waals surface area contributed by atoms with Gasteiger partial charge in [0.25, 0.3) is 11.5 Å². The Morgan fingerprint density at radius 1 is 0.818 bits per heavy atom. The molecule has 0 atom stereocenters. The molecule has 0 fully saturated rings. The van der Waals surface area contributed by atoms with E-state index >= 15 is 0 Å². The van der Waals surface area contributed by atoms with E-state index in [9.17, 15) is 9.59 Å². The molecule has 0 radical (unpaired) electrons. The van der Waals surface area contributed by atoms with Crippen molar-refractivity contribution in [2.75, 3.05) is 13.2 Å². The van der Waals surface area contributed by atoms with E-state index in [1.165, 1.54) is 0 Å². The molecular formula is C26H25N3O4. The van der Waals surface area contributed by atoms with E-state index < -0.39 is 0 Å². The molecule has 0 spiro atoms. The molecule has 0 bridgehead atoms. The maximum Gasteiger partial charge on any atom is 0.272 e. The Hall–Kier alpha value is -4.13. The Bertz CT molecular complexity index is 1250. The van der Waals surface area contributed by atoms with Gasteiger partial charge in [0.1, 0.15) is 18.1 Å². The van der Waals surface area contributed by atoms with Crippen LogP contribution in [0.5, 0.6) is 11.5 Å². The minimum absolute atomic E-state index is 0.219. The number of benzene rings is 3. The van der Waals surface area contributed by atoms with Gasteiger partial charge in [-0.15, -0.1) is 0 Å². The largest absolute Gasteiger partial charge is 0.494 e. The van der Waals surface area contributed by atoms with Gasteiger partial charge in [-0.05, 0) is 48.7 Å². The van der Waals surface area contributed by atoms with Crippen LogP contribution in [0.4, 0.5) is 0 Å². The fraction of sp³-hybridized carbons (Fsp3) is 0.192. The number of amides is 1. The minimum Gasteiger partial charge on any atom is -0.494 e. The summed E-state index contributed by atoms with van der Waals surface area (Å²) in [5.74, 6) is 1.25. The second-order valence-electron chi connectivity index (χ2n) is 7.50. The molecule has 0 aliphatic carbocycles. The van der Waals surface area contributed by atoms with Crippen LogP contribution in [0, 0.1) is 0 Å². The molecular weight excluding hydrogens is 418 g/mol. The van der Waals surface area contributed by atoms with Gasteiger partial charge in [0.05, 0.1) is 12.0 Å². The Morgan fingerprint density at radius 2 is 1.48 bits per heavy atom. The number of fused-ring (bicyclic) bond motifs is 1. The molecule has 7 nitrogen and oxygen atoms in total. The zero-order chi connectivity index (χ0) is 22.9. The number of nitrogens with zero attached hydrogens (tertiary/aromatic N) is 1. The number of rotatable bonds is 10. The van der Waals surface area contributed by atoms with E-state index in [1.807, 2.05) is 54.6 Å². The lowest BCUT2D eigenvalue weighted by molar-refractivity contribution is 0.0948. The van der Waals surface area contributed by atoms with Crippen LogP contribution in [-0.2, 0) is 6.61 Å². The third-order valence-corrected chi connectivity index (χ3v) is 5.11. The lowest BCUT2D eigenvalue weighted by Gasteiger charge is -2.09. The predicted octanol–water partition coefficient (Wildman–Crippen LogP) is 4.09. The highest BCUT2D eigenvalue weighted by molar-refractivity contribution is 6.04. The van der Waals surface area contributed by atoms with Crippen molar-refractivity contribution < 1.29 is 14.3 Å². The first-order valence-electron chi connectivity index (χ1n) is 10.9. The van der Waals surface area contributed by atoms with Gasteiger partial charge in [0, 0.05) is 11.9 Å². The van der Waals surface area contributed by atoms with Crippen molar-refractivity contribution in [1.82, 2.24) is 15.5 Å². The highest BCUT2D eigenvalue weighted by Crippen LogP contribution is 2.19. The van der Waals surface area contributed by atoms with Crippen molar-refractivity contribution in [3.63, 3.8) is 0 Å². The van der Waals surface area contributed by atoms with Gasteiger partial charge in [-0.1, -0.05) is 48.5 Å². The standard InChI is InChI=1S/C26H25N3O4/c30-25-23-11-5-4-10-22(23)24(28-29-25)26(31)27-16-6-7-17-32-20-12-14-21(15-13-20)33-18-19-8-2-1-3-9-19/h1-5,8-15H,6-7,16-18H2,(H,27,31)(H,29,30). The molecule has 33 heavy (non-hydrogen) atoms. The fourth-order valence-corrected chi connectivity index (χ4v) is 3.36. The van der Waals surface area contributed by atoms with Crippen molar-refractivity contribution in [2.24, 2.45) is 0 Å². The normalized spacial score (nSPS) is 10.7. The van der Waals surface area contributed by atoms with E-state index in [0.29, 0.717) is 30.5 Å². The quantitative estimate of drug-likeness (QED) is 0.360. The van der Waals surface area contributed by atoms with Crippen LogP contribution in [-0.4, -0.2) is 29.3 Å². The van der Waals surface area contributed by atoms with Crippen LogP contribution in [0.1, 0.15) is 28.9 Å². The average molecular weight is 444 g/mol. The van der Waals surface area contributed by atoms with Gasteiger partial charge in [0.15, 0.2) is 5.69 Å². The lowest BCUT2D eigenvalue weighted by Crippen LogP contribution is -2.27. The molecule has 168 valence electrons. The summed E-state index contributed by atoms with van der Waals surface area (Å²) in [5, 5.41) is 10.1. The highest BCUT2D eigenvalue weighted by Gasteiger charge is 2.13. The number of ether oxygens (including phenoxy) is 2. The summed E-state index contributed by atoms with van der Waals surface area (Å²) in [6, 6.07) is 24.5. The molecule has 0 unspecified atom stereocenters. The van der Waals surface area contributed by atoms with Gasteiger partial charge in [-0.2, -0.15) is 5.10 Å². The Balaban J connectivity index is 1.16. The number of carbonyl (C=O) groups excluding carboxylic acids is 1. The molecule has 0 aliphatic rings. The van der Waals surface area contributed by atoms with Gasteiger partial charge in [0.2, 0.25) is 0 Å². The summed E-state index contributed by atoms with van der Waals surface area (Å²) in [4.78, 5) is 24.3. The lowest BCUT2D eigenvalue weighted by atomic mass is 10.1. The smallest absolute Gasteiger partial charge is 0.272 e. The van der Waals surface area contributed by atoms with Crippen molar-refractivity contribution >= 4 is 16.7 Å². The summed E-state index contributed by atoms with van der Waals surface area (Å²) in [7, 11) is 0. The molecule has 1 heterocycles. The predicted molar refractivity (Wildman–Crippen MR) is 127 cm³/mol. The summed E-state index contributed by atoms with van der Waals surface area (Å²) in [6.45, 7) is 1.56. The maximum atomic E-state index is 12.5. The van der Waals surface area contributed by atoms with Crippen LogP contribution >= 0.6 is 0 Å². The summed E-state index contributed by atoms with van der Waals surface area (Å²) >= 11 is 0. The topological polar surface area (TPSA) is 93.3 Å². The first-order chi connectivity index (χ1) is 16.2. The molecule has 0 saturated heterocycles. The zero-order valence-corrected chi connectivity index (χ0v) is 18.1. The van der Waals surface area contributed by atoms with Crippen molar-refractivity contribution in [3.05, 3.63) is 100 Å². The third-order valence-electron chi connectivity index (χ3n) is 5.11. The van der Waals surface area contributed by atoms with Crippen molar-refractivity contribution in [1.29, 1.82) is 0 Å². The molecule has 7 heteroatoms. The second kappa shape index (κ2) is 10.9. The van der Waals surface area contributed by atoms with Crippen LogP contribution in [0.25, 0.3) is 10.8 Å². The number of aromatic nitrogens is 2.